The lowest BCUT2D eigenvalue weighted by molar-refractivity contribution is -0.144. The number of rotatable bonds is 10. The zero-order chi connectivity index (χ0) is 36.2. The molecule has 6 aromatic rings. The molecule has 0 saturated carbocycles. The Kier molecular flexibility index (Phi) is 14.3. The van der Waals surface area contributed by atoms with Gasteiger partial charge in [0.1, 0.15) is 0 Å². The molecule has 0 N–H and O–H groups in total. The standard InChI is InChI=1S/C30H25Cl2NO2.C13H9BrCl2/c1-2-35-30(34)29(33-28(21-11-5-3-6-12-21)22-13-7-4-8-14-22)27(23-15-9-17-25(31)19-23)24-16-10-18-26(32)20-24;14-13(9-3-1-5-11(15)7-9)10-4-2-6-12(16)8-10/h3-20,27,29H,2H2,1H3;1-8,13H. The van der Waals surface area contributed by atoms with Gasteiger partial charge in [0.2, 0.25) is 0 Å². The van der Waals surface area contributed by atoms with E-state index in [4.69, 9.17) is 56.1 Å². The number of nitrogens with zero attached hydrogens (tertiary/aromatic N) is 1. The molecule has 0 aliphatic heterocycles. The average molecular weight is 818 g/mol. The minimum Gasteiger partial charge on any atom is -0.464 e. The van der Waals surface area contributed by atoms with E-state index in [1.807, 2.05) is 158 Å². The van der Waals surface area contributed by atoms with E-state index >= 15 is 0 Å². The summed E-state index contributed by atoms with van der Waals surface area (Å²) in [7, 11) is 0. The van der Waals surface area contributed by atoms with Crippen LogP contribution in [-0.4, -0.2) is 24.3 Å². The number of halogens is 5. The second-order valence-corrected chi connectivity index (χ2v) is 14.1. The lowest BCUT2D eigenvalue weighted by Gasteiger charge is -2.25. The highest BCUT2D eigenvalue weighted by Gasteiger charge is 2.33. The molecule has 51 heavy (non-hydrogen) atoms. The molecule has 6 rings (SSSR count). The van der Waals surface area contributed by atoms with Crippen molar-refractivity contribution in [1.29, 1.82) is 0 Å². The van der Waals surface area contributed by atoms with Crippen LogP contribution in [0.4, 0.5) is 0 Å². The van der Waals surface area contributed by atoms with Gasteiger partial charge in [0.05, 0.1) is 17.1 Å². The molecule has 1 atom stereocenters. The Balaban J connectivity index is 0.000000262. The van der Waals surface area contributed by atoms with Crippen LogP contribution in [0.25, 0.3) is 0 Å². The smallest absolute Gasteiger partial charge is 0.331 e. The molecular formula is C43H34BrCl4NO2. The van der Waals surface area contributed by atoms with Gasteiger partial charge in [-0.15, -0.1) is 0 Å². The van der Waals surface area contributed by atoms with Crippen LogP contribution in [-0.2, 0) is 9.53 Å². The van der Waals surface area contributed by atoms with Gasteiger partial charge < -0.3 is 4.74 Å². The normalized spacial score (nSPS) is 11.4. The maximum atomic E-state index is 13.5. The first-order valence-electron chi connectivity index (χ1n) is 16.2. The molecule has 0 radical (unpaired) electrons. The number of hydrogen-bond acceptors (Lipinski definition) is 3. The van der Waals surface area contributed by atoms with Crippen LogP contribution in [0, 0.1) is 0 Å². The highest BCUT2D eigenvalue weighted by Crippen LogP contribution is 2.35. The topological polar surface area (TPSA) is 38.7 Å². The maximum Gasteiger partial charge on any atom is 0.331 e. The van der Waals surface area contributed by atoms with E-state index in [0.29, 0.717) is 15.8 Å². The third-order valence-corrected chi connectivity index (χ3v) is 9.90. The van der Waals surface area contributed by atoms with Crippen molar-refractivity contribution >= 4 is 74.0 Å². The van der Waals surface area contributed by atoms with Crippen molar-refractivity contribution < 1.29 is 9.53 Å². The van der Waals surface area contributed by atoms with Crippen LogP contribution in [0.5, 0.6) is 0 Å². The first kappa shape index (κ1) is 38.3. The highest BCUT2D eigenvalue weighted by molar-refractivity contribution is 9.09. The highest BCUT2D eigenvalue weighted by atomic mass is 79.9. The summed E-state index contributed by atoms with van der Waals surface area (Å²) in [5.74, 6) is -0.879. The van der Waals surface area contributed by atoms with E-state index < -0.39 is 17.9 Å². The Hall–Kier alpha value is -3.90. The molecule has 0 fully saturated rings. The molecule has 0 aromatic heterocycles. The summed E-state index contributed by atoms with van der Waals surface area (Å²) in [4.78, 5) is 18.7. The van der Waals surface area contributed by atoms with Crippen LogP contribution in [0.15, 0.2) is 163 Å². The fourth-order valence-corrected chi connectivity index (χ4v) is 6.98. The van der Waals surface area contributed by atoms with Gasteiger partial charge in [-0.2, -0.15) is 0 Å². The van der Waals surface area contributed by atoms with Gasteiger partial charge in [0, 0.05) is 37.1 Å². The summed E-state index contributed by atoms with van der Waals surface area (Å²) >= 11 is 28.3. The Morgan fingerprint density at radius 2 is 0.941 bits per heavy atom. The molecule has 0 bridgehead atoms. The number of esters is 1. The number of carbonyl (C=O) groups is 1. The Morgan fingerprint density at radius 3 is 1.31 bits per heavy atom. The number of carbonyl (C=O) groups excluding carboxylic acids is 1. The van der Waals surface area contributed by atoms with E-state index in [9.17, 15) is 4.79 Å². The van der Waals surface area contributed by atoms with Gasteiger partial charge >= 0.3 is 5.97 Å². The van der Waals surface area contributed by atoms with Crippen molar-refractivity contribution in [2.45, 2.75) is 23.7 Å². The lowest BCUT2D eigenvalue weighted by Crippen LogP contribution is -2.31. The Labute approximate surface area is 328 Å². The largest absolute Gasteiger partial charge is 0.464 e. The number of hydrogen-bond donors (Lipinski definition) is 0. The molecule has 3 nitrogen and oxygen atoms in total. The van der Waals surface area contributed by atoms with Crippen LogP contribution in [0.2, 0.25) is 20.1 Å². The zero-order valence-electron chi connectivity index (χ0n) is 27.6. The van der Waals surface area contributed by atoms with Crippen molar-refractivity contribution in [3.05, 3.63) is 211 Å². The molecule has 0 saturated heterocycles. The van der Waals surface area contributed by atoms with Crippen molar-refractivity contribution in [3.63, 3.8) is 0 Å². The van der Waals surface area contributed by atoms with Crippen LogP contribution in [0.3, 0.4) is 0 Å². The van der Waals surface area contributed by atoms with Crippen molar-refractivity contribution in [2.24, 2.45) is 4.99 Å². The summed E-state index contributed by atoms with van der Waals surface area (Å²) in [5.41, 5.74) is 6.46. The third kappa shape index (κ3) is 10.8. The number of aliphatic imine (C=N–C) groups is 1. The Morgan fingerprint density at radius 1 is 0.569 bits per heavy atom. The summed E-state index contributed by atoms with van der Waals surface area (Å²) in [6.07, 6.45) is 0. The average Bonchev–Trinajstić information content (AvgIpc) is 3.14. The molecule has 0 heterocycles. The van der Waals surface area contributed by atoms with Gasteiger partial charge in [-0.05, 0) is 77.7 Å². The molecule has 258 valence electrons. The van der Waals surface area contributed by atoms with Gasteiger partial charge in [0.25, 0.3) is 0 Å². The molecule has 1 unspecified atom stereocenters. The van der Waals surface area contributed by atoms with E-state index in [-0.39, 0.29) is 11.4 Å². The van der Waals surface area contributed by atoms with Crippen molar-refractivity contribution in [2.75, 3.05) is 6.61 Å². The number of alkyl halides is 1. The van der Waals surface area contributed by atoms with Crippen LogP contribution < -0.4 is 0 Å². The molecule has 0 amide bonds. The first-order valence-corrected chi connectivity index (χ1v) is 18.7. The zero-order valence-corrected chi connectivity index (χ0v) is 32.2. The predicted molar refractivity (Wildman–Crippen MR) is 217 cm³/mol. The first-order chi connectivity index (χ1) is 24.7. The van der Waals surface area contributed by atoms with E-state index in [1.165, 1.54) is 0 Å². The third-order valence-electron chi connectivity index (χ3n) is 7.90. The van der Waals surface area contributed by atoms with Crippen LogP contribution >= 0.6 is 62.3 Å². The summed E-state index contributed by atoms with van der Waals surface area (Å²) in [5, 5.41) is 2.63. The van der Waals surface area contributed by atoms with Crippen molar-refractivity contribution in [3.8, 4) is 0 Å². The maximum absolute atomic E-state index is 13.5. The number of ether oxygens (including phenoxy) is 1. The van der Waals surface area contributed by atoms with Gasteiger partial charge in [-0.25, -0.2) is 4.79 Å². The van der Waals surface area contributed by atoms with Gasteiger partial charge in [0.15, 0.2) is 6.04 Å². The van der Waals surface area contributed by atoms with Crippen molar-refractivity contribution in [1.82, 2.24) is 0 Å². The fourth-order valence-electron chi connectivity index (χ4n) is 5.62. The van der Waals surface area contributed by atoms with Crippen LogP contribution in [0.1, 0.15) is 51.0 Å². The SMILES string of the molecule is CCOC(=O)C(N=C(c1ccccc1)c1ccccc1)C(c1cccc(Cl)c1)c1cccc(Cl)c1.Clc1cccc(C(Br)c2cccc(Cl)c2)c1. The van der Waals surface area contributed by atoms with Gasteiger partial charge in [-0.1, -0.05) is 172 Å². The van der Waals surface area contributed by atoms with E-state index in [2.05, 4.69) is 15.9 Å². The molecule has 6 aromatic carbocycles. The molecule has 0 aliphatic carbocycles. The Bertz CT molecular complexity index is 1940. The molecule has 0 spiro atoms. The second-order valence-electron chi connectivity index (χ2n) is 11.5. The van der Waals surface area contributed by atoms with E-state index in [0.717, 1.165) is 43.4 Å². The number of benzene rings is 6. The van der Waals surface area contributed by atoms with Gasteiger partial charge in [-0.3, -0.25) is 4.99 Å². The van der Waals surface area contributed by atoms with E-state index in [1.54, 1.807) is 6.92 Å². The second kappa shape index (κ2) is 19.1. The lowest BCUT2D eigenvalue weighted by atomic mass is 9.84. The molecule has 0 aliphatic rings. The summed E-state index contributed by atoms with van der Waals surface area (Å²) < 4.78 is 5.55. The molecule has 8 heteroatoms. The quantitative estimate of drug-likeness (QED) is 0.0785. The predicted octanol–water partition coefficient (Wildman–Crippen LogP) is 13.1. The summed E-state index contributed by atoms with van der Waals surface area (Å²) in [6, 6.07) is 49.4. The molecular weight excluding hydrogens is 784 g/mol. The monoisotopic (exact) mass is 815 g/mol. The fraction of sp³-hybridized carbons (Fsp3) is 0.116. The minimum atomic E-state index is -0.873. The summed E-state index contributed by atoms with van der Waals surface area (Å²) in [6.45, 7) is 2.04. The minimum absolute atomic E-state index is 0.116.